The summed E-state index contributed by atoms with van der Waals surface area (Å²) in [7, 11) is 1.66. The van der Waals surface area contributed by atoms with Gasteiger partial charge >= 0.3 is 0 Å². The Kier molecular flexibility index (Phi) is 11.6. The molecule has 1 unspecified atom stereocenters. The second kappa shape index (κ2) is 11.9. The monoisotopic (exact) mass is 368 g/mol. The summed E-state index contributed by atoms with van der Waals surface area (Å²) < 4.78 is 0. The van der Waals surface area contributed by atoms with Crippen molar-refractivity contribution in [2.24, 2.45) is 0 Å². The lowest BCUT2D eigenvalue weighted by atomic mass is 10.0. The highest BCUT2D eigenvalue weighted by molar-refractivity contribution is 5.85. The average molecular weight is 369 g/mol. The molecule has 0 aromatic carbocycles. The molecule has 23 heavy (non-hydrogen) atoms. The van der Waals surface area contributed by atoms with Gasteiger partial charge < -0.3 is 16.0 Å². The Bertz CT molecular complexity index is 357. The highest BCUT2D eigenvalue weighted by Crippen LogP contribution is 2.12. The molecule has 0 spiro atoms. The zero-order valence-corrected chi connectivity index (χ0v) is 15.4. The van der Waals surface area contributed by atoms with Crippen molar-refractivity contribution < 1.29 is 9.59 Å². The van der Waals surface area contributed by atoms with Gasteiger partial charge in [-0.2, -0.15) is 0 Å². The van der Waals surface area contributed by atoms with Gasteiger partial charge in [0.05, 0.1) is 6.54 Å². The van der Waals surface area contributed by atoms with Gasteiger partial charge in [-0.3, -0.25) is 14.5 Å². The van der Waals surface area contributed by atoms with Gasteiger partial charge in [0, 0.05) is 38.6 Å². The number of amides is 2. The molecule has 0 bridgehead atoms. The number of rotatable bonds is 6. The van der Waals surface area contributed by atoms with Crippen molar-refractivity contribution in [2.45, 2.75) is 50.6 Å². The van der Waals surface area contributed by atoms with Crippen LogP contribution in [0.4, 0.5) is 0 Å². The lowest BCUT2D eigenvalue weighted by Crippen LogP contribution is -2.47. The summed E-state index contributed by atoms with van der Waals surface area (Å²) in [6, 6.07) is 0.806. The Morgan fingerprint density at radius 2 is 1.83 bits per heavy atom. The lowest BCUT2D eigenvalue weighted by Gasteiger charge is -2.31. The van der Waals surface area contributed by atoms with Gasteiger partial charge in [0.2, 0.25) is 11.8 Å². The van der Waals surface area contributed by atoms with Crippen molar-refractivity contribution >= 4 is 36.6 Å². The molecule has 1 atom stereocenters. The van der Waals surface area contributed by atoms with Crippen LogP contribution in [0.25, 0.3) is 0 Å². The molecule has 2 aliphatic heterocycles. The van der Waals surface area contributed by atoms with E-state index in [0.717, 1.165) is 38.9 Å². The van der Waals surface area contributed by atoms with E-state index in [0.29, 0.717) is 19.0 Å². The normalized spacial score (nSPS) is 21.9. The van der Waals surface area contributed by atoms with Gasteiger partial charge in [0.25, 0.3) is 0 Å². The van der Waals surface area contributed by atoms with Crippen LogP contribution in [0.1, 0.15) is 38.5 Å². The Balaban J connectivity index is 0.00000242. The van der Waals surface area contributed by atoms with Crippen LogP contribution >= 0.6 is 24.8 Å². The molecule has 0 aromatic heterocycles. The first-order chi connectivity index (χ1) is 10.2. The third-order valence-electron chi connectivity index (χ3n) is 4.48. The van der Waals surface area contributed by atoms with E-state index in [-0.39, 0.29) is 42.7 Å². The van der Waals surface area contributed by atoms with E-state index < -0.39 is 0 Å². The summed E-state index contributed by atoms with van der Waals surface area (Å²) in [6.45, 7) is 3.31. The maximum absolute atomic E-state index is 12.0. The van der Waals surface area contributed by atoms with Crippen molar-refractivity contribution in [3.63, 3.8) is 0 Å². The fourth-order valence-corrected chi connectivity index (χ4v) is 3.13. The van der Waals surface area contributed by atoms with Gasteiger partial charge in [-0.1, -0.05) is 0 Å². The predicted molar refractivity (Wildman–Crippen MR) is 96.4 cm³/mol. The third kappa shape index (κ3) is 8.20. The number of halogens is 2. The zero-order chi connectivity index (χ0) is 15.1. The second-order valence-corrected chi connectivity index (χ2v) is 6.12. The number of likely N-dealkylation sites (tertiary alicyclic amines) is 1. The first-order valence-electron chi connectivity index (χ1n) is 8.13. The number of nitrogens with zero attached hydrogens (tertiary/aromatic N) is 1. The molecule has 0 radical (unpaired) electrons. The number of carbonyl (C=O) groups excluding carboxylic acids is 2. The van der Waals surface area contributed by atoms with Crippen LogP contribution in [0.2, 0.25) is 0 Å². The first-order valence-corrected chi connectivity index (χ1v) is 8.13. The topological polar surface area (TPSA) is 73.5 Å². The van der Waals surface area contributed by atoms with Crippen LogP contribution < -0.4 is 16.0 Å². The summed E-state index contributed by atoms with van der Waals surface area (Å²) in [5, 5.41) is 9.20. The van der Waals surface area contributed by atoms with Gasteiger partial charge in [0.15, 0.2) is 0 Å². The molecule has 2 amide bonds. The number of likely N-dealkylation sites (N-methyl/N-ethyl adjacent to an activating group) is 1. The van der Waals surface area contributed by atoms with Crippen LogP contribution in [-0.4, -0.2) is 62.0 Å². The Hall–Kier alpha value is -0.560. The standard InChI is InChI=1S/C15H28N4O2.2ClH/c1-16-15(21)11-19-9-6-13(7-10-19)18-14(20)5-4-12-3-2-8-17-12;;/h12-13,17H,2-11H2,1H3,(H,16,21)(H,18,20);2*1H. The van der Waals surface area contributed by atoms with Gasteiger partial charge in [-0.25, -0.2) is 0 Å². The fraction of sp³-hybridized carbons (Fsp3) is 0.867. The molecular weight excluding hydrogens is 339 g/mol. The van der Waals surface area contributed by atoms with Crippen molar-refractivity contribution in [2.75, 3.05) is 33.2 Å². The minimum absolute atomic E-state index is 0. The summed E-state index contributed by atoms with van der Waals surface area (Å²) in [5.74, 6) is 0.231. The molecule has 8 heteroatoms. The maximum atomic E-state index is 12.0. The summed E-state index contributed by atoms with van der Waals surface area (Å²) in [6.07, 6.45) is 5.87. The average Bonchev–Trinajstić information content (AvgIpc) is 3.00. The second-order valence-electron chi connectivity index (χ2n) is 6.12. The lowest BCUT2D eigenvalue weighted by molar-refractivity contribution is -0.124. The Labute approximate surface area is 151 Å². The summed E-state index contributed by atoms with van der Waals surface area (Å²) >= 11 is 0. The quantitative estimate of drug-likeness (QED) is 0.644. The number of hydrogen-bond acceptors (Lipinski definition) is 4. The molecule has 6 nitrogen and oxygen atoms in total. The van der Waals surface area contributed by atoms with Crippen LogP contribution in [0.15, 0.2) is 0 Å². The number of nitrogens with one attached hydrogen (secondary N) is 3. The molecule has 2 heterocycles. The molecule has 2 saturated heterocycles. The molecule has 136 valence electrons. The van der Waals surface area contributed by atoms with E-state index in [1.807, 2.05) is 0 Å². The molecular formula is C15H30Cl2N4O2. The molecule has 3 N–H and O–H groups in total. The number of hydrogen-bond donors (Lipinski definition) is 3. The van der Waals surface area contributed by atoms with E-state index in [1.165, 1.54) is 12.8 Å². The number of carbonyl (C=O) groups is 2. The van der Waals surface area contributed by atoms with Crippen LogP contribution in [-0.2, 0) is 9.59 Å². The smallest absolute Gasteiger partial charge is 0.233 e. The zero-order valence-electron chi connectivity index (χ0n) is 13.8. The first kappa shape index (κ1) is 22.4. The molecule has 2 rings (SSSR count). The maximum Gasteiger partial charge on any atom is 0.233 e. The Morgan fingerprint density at radius 1 is 1.13 bits per heavy atom. The van der Waals surface area contributed by atoms with Gasteiger partial charge in [-0.15, -0.1) is 24.8 Å². The van der Waals surface area contributed by atoms with Gasteiger partial charge in [-0.05, 0) is 38.6 Å². The van der Waals surface area contributed by atoms with E-state index in [1.54, 1.807) is 7.05 Å². The summed E-state index contributed by atoms with van der Waals surface area (Å²) in [4.78, 5) is 25.4. The molecule has 0 saturated carbocycles. The molecule has 0 aliphatic carbocycles. The van der Waals surface area contributed by atoms with E-state index in [4.69, 9.17) is 0 Å². The van der Waals surface area contributed by atoms with Crippen molar-refractivity contribution in [1.82, 2.24) is 20.9 Å². The SMILES string of the molecule is CNC(=O)CN1CCC(NC(=O)CCC2CCCN2)CC1.Cl.Cl. The highest BCUT2D eigenvalue weighted by Gasteiger charge is 2.22. The predicted octanol–water partition coefficient (Wildman–Crippen LogP) is 0.689. The molecule has 2 aliphatic rings. The molecule has 2 fully saturated rings. The highest BCUT2D eigenvalue weighted by atomic mass is 35.5. The van der Waals surface area contributed by atoms with Crippen molar-refractivity contribution in [1.29, 1.82) is 0 Å². The van der Waals surface area contributed by atoms with E-state index in [2.05, 4.69) is 20.9 Å². The van der Waals surface area contributed by atoms with E-state index in [9.17, 15) is 9.59 Å². The summed E-state index contributed by atoms with van der Waals surface area (Å²) in [5.41, 5.74) is 0. The van der Waals surface area contributed by atoms with Crippen molar-refractivity contribution in [3.8, 4) is 0 Å². The van der Waals surface area contributed by atoms with Crippen LogP contribution in [0.3, 0.4) is 0 Å². The third-order valence-corrected chi connectivity index (χ3v) is 4.48. The minimum Gasteiger partial charge on any atom is -0.358 e. The molecule has 0 aromatic rings. The van der Waals surface area contributed by atoms with Gasteiger partial charge in [0.1, 0.15) is 0 Å². The van der Waals surface area contributed by atoms with Crippen molar-refractivity contribution in [3.05, 3.63) is 0 Å². The largest absolute Gasteiger partial charge is 0.358 e. The fourth-order valence-electron chi connectivity index (χ4n) is 3.13. The van der Waals surface area contributed by atoms with Crippen LogP contribution in [0, 0.1) is 0 Å². The van der Waals surface area contributed by atoms with Crippen LogP contribution in [0.5, 0.6) is 0 Å². The Morgan fingerprint density at radius 3 is 2.39 bits per heavy atom. The minimum atomic E-state index is 0. The number of piperidine rings is 1. The van der Waals surface area contributed by atoms with E-state index >= 15 is 0 Å².